The van der Waals surface area contributed by atoms with Crippen LogP contribution in [-0.2, 0) is 14.4 Å². The lowest BCUT2D eigenvalue weighted by atomic mass is 9.92. The number of carboxylic acid groups (broad SMARTS) is 1. The Morgan fingerprint density at radius 2 is 2.08 bits per heavy atom. The molecule has 0 aromatic carbocycles. The summed E-state index contributed by atoms with van der Waals surface area (Å²) in [6.45, 7) is 3.11. The summed E-state index contributed by atoms with van der Waals surface area (Å²) < 4.78 is 0. The molecule has 1 rings (SSSR count). The third-order valence-corrected chi connectivity index (χ3v) is 1.75. The van der Waals surface area contributed by atoms with Crippen LogP contribution in [0.2, 0.25) is 0 Å². The molecule has 1 N–H and O–H groups in total. The molecule has 0 bridgehead atoms. The number of rotatable bonds is 1. The topological polar surface area (TPSA) is 83.9 Å². The molecule has 0 saturated carbocycles. The molecule has 1 fully saturated rings. The fourth-order valence-corrected chi connectivity index (χ4v) is 1.08. The summed E-state index contributed by atoms with van der Waals surface area (Å²) >= 11 is 0. The second kappa shape index (κ2) is 2.72. The quantitative estimate of drug-likeness (QED) is 0.600. The van der Waals surface area contributed by atoms with Gasteiger partial charge in [-0.05, 0) is 0 Å². The summed E-state index contributed by atoms with van der Waals surface area (Å²) in [6, 6.07) is 0. The predicted molar refractivity (Wildman–Crippen MR) is 39.4 cm³/mol. The van der Waals surface area contributed by atoms with Gasteiger partial charge in [-0.3, -0.25) is 14.4 Å². The van der Waals surface area contributed by atoms with E-state index in [0.29, 0.717) is 5.06 Å². The molecule has 0 spiro atoms. The second-order valence-corrected chi connectivity index (χ2v) is 3.41. The van der Waals surface area contributed by atoms with Crippen LogP contribution in [0.3, 0.4) is 0 Å². The normalized spacial score (nSPS) is 20.6. The van der Waals surface area contributed by atoms with Gasteiger partial charge in [-0.1, -0.05) is 18.9 Å². The van der Waals surface area contributed by atoms with E-state index in [-0.39, 0.29) is 6.42 Å². The van der Waals surface area contributed by atoms with Crippen molar-refractivity contribution in [1.29, 1.82) is 0 Å². The van der Waals surface area contributed by atoms with Gasteiger partial charge in [0, 0.05) is 6.42 Å². The Bertz CT molecular complexity index is 283. The first-order valence-electron chi connectivity index (χ1n) is 3.63. The molecule has 6 heteroatoms. The van der Waals surface area contributed by atoms with Crippen molar-refractivity contribution in [3.63, 3.8) is 0 Å². The van der Waals surface area contributed by atoms with Gasteiger partial charge in [0.25, 0.3) is 11.8 Å². The average Bonchev–Trinajstić information content (AvgIpc) is 2.12. The fraction of sp³-hybridized carbons (Fsp3) is 0.571. The molecule has 13 heavy (non-hydrogen) atoms. The van der Waals surface area contributed by atoms with Crippen molar-refractivity contribution >= 4 is 18.0 Å². The Hall–Kier alpha value is -1.59. The monoisotopic (exact) mass is 187 g/mol. The molecule has 0 aromatic rings. The molecule has 1 saturated heterocycles. The molecule has 2 amide bonds. The van der Waals surface area contributed by atoms with Crippen molar-refractivity contribution < 1.29 is 24.3 Å². The van der Waals surface area contributed by atoms with E-state index in [1.165, 1.54) is 0 Å². The molecule has 0 unspecified atom stereocenters. The number of carbonyl (C=O) groups is 3. The van der Waals surface area contributed by atoms with E-state index < -0.39 is 23.4 Å². The van der Waals surface area contributed by atoms with Gasteiger partial charge in [-0.25, -0.2) is 4.79 Å². The van der Waals surface area contributed by atoms with E-state index in [9.17, 15) is 14.4 Å². The minimum absolute atomic E-state index is 0.0287. The lowest BCUT2D eigenvalue weighted by molar-refractivity contribution is -0.177. The smallest absolute Gasteiger partial charge is 0.448 e. The van der Waals surface area contributed by atoms with Gasteiger partial charge in [0.05, 0.1) is 5.41 Å². The second-order valence-electron chi connectivity index (χ2n) is 3.41. The SMILES string of the molecule is CC1(C)CC(=O)N(OC(=O)O)C1=O. The zero-order valence-electron chi connectivity index (χ0n) is 7.23. The zero-order chi connectivity index (χ0) is 10.2. The Morgan fingerprint density at radius 3 is 2.38 bits per heavy atom. The fourth-order valence-electron chi connectivity index (χ4n) is 1.08. The molecule has 0 atom stereocenters. The molecule has 1 aliphatic rings. The van der Waals surface area contributed by atoms with E-state index in [0.717, 1.165) is 0 Å². The lowest BCUT2D eigenvalue weighted by Gasteiger charge is -2.14. The summed E-state index contributed by atoms with van der Waals surface area (Å²) in [4.78, 5) is 36.5. The van der Waals surface area contributed by atoms with Crippen molar-refractivity contribution in [3.8, 4) is 0 Å². The van der Waals surface area contributed by atoms with Crippen LogP contribution >= 0.6 is 0 Å². The van der Waals surface area contributed by atoms with Crippen LogP contribution in [0.4, 0.5) is 4.79 Å². The number of hydrogen-bond donors (Lipinski definition) is 1. The minimum Gasteiger partial charge on any atom is -0.448 e. The Balaban J connectivity index is 2.83. The predicted octanol–water partition coefficient (Wildman–Crippen LogP) is 0.381. The molecule has 1 heterocycles. The van der Waals surface area contributed by atoms with E-state index in [1.54, 1.807) is 13.8 Å². The summed E-state index contributed by atoms with van der Waals surface area (Å²) in [5.74, 6) is -1.25. The standard InChI is InChI=1S/C7H9NO5/c1-7(2)3-4(9)8(5(7)10)13-6(11)12/h3H2,1-2H3,(H,11,12). The summed E-state index contributed by atoms with van der Waals surface area (Å²) in [5, 5.41) is 8.51. The van der Waals surface area contributed by atoms with Crippen LogP contribution in [0.15, 0.2) is 0 Å². The van der Waals surface area contributed by atoms with Crippen molar-refractivity contribution in [2.24, 2.45) is 5.41 Å². The van der Waals surface area contributed by atoms with Crippen LogP contribution in [0.25, 0.3) is 0 Å². The highest BCUT2D eigenvalue weighted by atomic mass is 16.8. The van der Waals surface area contributed by atoms with Gasteiger partial charge in [0.15, 0.2) is 0 Å². The summed E-state index contributed by atoms with van der Waals surface area (Å²) in [5.41, 5.74) is -0.869. The van der Waals surface area contributed by atoms with Crippen LogP contribution in [0, 0.1) is 5.41 Å². The summed E-state index contributed by atoms with van der Waals surface area (Å²) in [6.07, 6.45) is -1.70. The number of carbonyl (C=O) groups excluding carboxylic acids is 2. The maximum Gasteiger partial charge on any atom is 0.531 e. The number of hydroxylamine groups is 2. The maximum atomic E-state index is 11.3. The number of nitrogens with zero attached hydrogens (tertiary/aromatic N) is 1. The van der Waals surface area contributed by atoms with Crippen LogP contribution in [-0.4, -0.2) is 28.1 Å². The third kappa shape index (κ3) is 1.61. The first-order chi connectivity index (χ1) is 5.84. The first kappa shape index (κ1) is 9.50. The van der Waals surface area contributed by atoms with E-state index >= 15 is 0 Å². The van der Waals surface area contributed by atoms with Crippen molar-refractivity contribution in [2.45, 2.75) is 20.3 Å². The average molecular weight is 187 g/mol. The van der Waals surface area contributed by atoms with Crippen molar-refractivity contribution in [2.75, 3.05) is 0 Å². The Labute approximate surface area is 74.0 Å². The van der Waals surface area contributed by atoms with Gasteiger partial charge in [-0.2, -0.15) is 0 Å². The van der Waals surface area contributed by atoms with Gasteiger partial charge in [-0.15, -0.1) is 0 Å². The van der Waals surface area contributed by atoms with Gasteiger partial charge < -0.3 is 5.11 Å². The van der Waals surface area contributed by atoms with Gasteiger partial charge >= 0.3 is 6.16 Å². The highest BCUT2D eigenvalue weighted by molar-refractivity contribution is 6.04. The van der Waals surface area contributed by atoms with Crippen molar-refractivity contribution in [1.82, 2.24) is 5.06 Å². The first-order valence-corrected chi connectivity index (χ1v) is 3.63. The van der Waals surface area contributed by atoms with Crippen molar-refractivity contribution in [3.05, 3.63) is 0 Å². The number of imide groups is 1. The molecule has 0 aromatic heterocycles. The zero-order valence-corrected chi connectivity index (χ0v) is 7.23. The van der Waals surface area contributed by atoms with Gasteiger partial charge in [0.1, 0.15) is 0 Å². The largest absolute Gasteiger partial charge is 0.531 e. The number of amides is 2. The Morgan fingerprint density at radius 1 is 1.54 bits per heavy atom. The molecule has 1 aliphatic heterocycles. The molecule has 0 aliphatic carbocycles. The molecule has 72 valence electrons. The van der Waals surface area contributed by atoms with E-state index in [1.807, 2.05) is 0 Å². The third-order valence-electron chi connectivity index (χ3n) is 1.75. The van der Waals surface area contributed by atoms with Crippen LogP contribution < -0.4 is 0 Å². The van der Waals surface area contributed by atoms with E-state index in [4.69, 9.17) is 5.11 Å². The highest BCUT2D eigenvalue weighted by Crippen LogP contribution is 2.31. The van der Waals surface area contributed by atoms with Crippen LogP contribution in [0.1, 0.15) is 20.3 Å². The molecule has 6 nitrogen and oxygen atoms in total. The van der Waals surface area contributed by atoms with Gasteiger partial charge in [0.2, 0.25) is 0 Å². The maximum absolute atomic E-state index is 11.3. The minimum atomic E-state index is -1.67. The summed E-state index contributed by atoms with van der Waals surface area (Å²) in [7, 11) is 0. The van der Waals surface area contributed by atoms with E-state index in [2.05, 4.69) is 4.84 Å². The molecule has 0 radical (unpaired) electrons. The number of hydrogen-bond acceptors (Lipinski definition) is 4. The molecular weight excluding hydrogens is 178 g/mol. The highest BCUT2D eigenvalue weighted by Gasteiger charge is 2.47. The molecular formula is C7H9NO5. The lowest BCUT2D eigenvalue weighted by Crippen LogP contribution is -2.34. The Kier molecular flexibility index (Phi) is 1.99. The van der Waals surface area contributed by atoms with Crippen LogP contribution in [0.5, 0.6) is 0 Å².